The molecule has 0 spiro atoms. The van der Waals surface area contributed by atoms with Crippen LogP contribution in [0.3, 0.4) is 0 Å². The number of ether oxygens (including phenoxy) is 2. The van der Waals surface area contributed by atoms with E-state index in [1.165, 1.54) is 18.0 Å². The fourth-order valence-electron chi connectivity index (χ4n) is 3.98. The molecule has 40 heavy (non-hydrogen) atoms. The molecule has 0 atom stereocenters. The number of hydrogen-bond donors (Lipinski definition) is 1. The number of halogens is 2. The molecule has 0 fully saturated rings. The number of benzene rings is 4. The van der Waals surface area contributed by atoms with Crippen LogP contribution in [0.1, 0.15) is 5.56 Å². The van der Waals surface area contributed by atoms with Crippen LogP contribution < -0.4 is 20.3 Å². The molecule has 0 aliphatic rings. The van der Waals surface area contributed by atoms with Crippen LogP contribution in [-0.4, -0.2) is 35.5 Å². The van der Waals surface area contributed by atoms with Gasteiger partial charge >= 0.3 is 0 Å². The fraction of sp³-hybridized carbons (Fsp3) is 0.0667. The van der Waals surface area contributed by atoms with Gasteiger partial charge in [0.1, 0.15) is 0 Å². The fourth-order valence-corrected chi connectivity index (χ4v) is 4.33. The Labute approximate surface area is 239 Å². The summed E-state index contributed by atoms with van der Waals surface area (Å²) in [5.41, 5.74) is 1.88. The lowest BCUT2D eigenvalue weighted by molar-refractivity contribution is -0.118. The van der Waals surface area contributed by atoms with E-state index in [4.69, 9.17) is 37.7 Å². The maximum Gasteiger partial charge on any atom is 0.282 e. The van der Waals surface area contributed by atoms with Crippen LogP contribution >= 0.6 is 23.2 Å². The molecular formula is C30H22Cl2N4O4. The molecule has 200 valence electrons. The maximum atomic E-state index is 13.5. The average molecular weight is 573 g/mol. The summed E-state index contributed by atoms with van der Waals surface area (Å²) in [5.74, 6) is 0.480. The summed E-state index contributed by atoms with van der Waals surface area (Å²) in [6, 6.07) is 26.2. The second-order valence-corrected chi connectivity index (χ2v) is 9.42. The highest BCUT2D eigenvalue weighted by molar-refractivity contribution is 6.31. The van der Waals surface area contributed by atoms with Crippen LogP contribution in [0.25, 0.3) is 22.3 Å². The van der Waals surface area contributed by atoms with Gasteiger partial charge in [-0.05, 0) is 42.5 Å². The number of aromatic nitrogens is 2. The molecule has 1 aromatic heterocycles. The van der Waals surface area contributed by atoms with Gasteiger partial charge in [-0.3, -0.25) is 9.59 Å². The number of nitrogens with zero attached hydrogens (tertiary/aromatic N) is 3. The Morgan fingerprint density at radius 2 is 1.70 bits per heavy atom. The minimum Gasteiger partial charge on any atom is -0.493 e. The highest BCUT2D eigenvalue weighted by Crippen LogP contribution is 2.34. The van der Waals surface area contributed by atoms with Crippen LogP contribution in [0, 0.1) is 0 Å². The molecular weight excluding hydrogens is 551 g/mol. The Bertz CT molecular complexity index is 1770. The third kappa shape index (κ3) is 5.98. The first-order valence-electron chi connectivity index (χ1n) is 12.1. The van der Waals surface area contributed by atoms with Crippen molar-refractivity contribution in [2.24, 2.45) is 5.10 Å². The lowest BCUT2D eigenvalue weighted by Crippen LogP contribution is -2.21. The molecule has 0 aliphatic carbocycles. The molecule has 0 aliphatic heterocycles. The zero-order valence-electron chi connectivity index (χ0n) is 21.2. The summed E-state index contributed by atoms with van der Waals surface area (Å²) in [4.78, 5) is 30.8. The van der Waals surface area contributed by atoms with Crippen molar-refractivity contribution in [1.29, 1.82) is 0 Å². The van der Waals surface area contributed by atoms with Gasteiger partial charge < -0.3 is 14.8 Å². The van der Waals surface area contributed by atoms with E-state index in [0.717, 1.165) is 0 Å². The number of fused-ring (bicyclic) bond motifs is 1. The van der Waals surface area contributed by atoms with E-state index >= 15 is 0 Å². The summed E-state index contributed by atoms with van der Waals surface area (Å²) in [7, 11) is 1.46. The number of methoxy groups -OCH3 is 1. The second-order valence-electron chi connectivity index (χ2n) is 8.55. The average Bonchev–Trinajstić information content (AvgIpc) is 2.97. The monoisotopic (exact) mass is 572 g/mol. The predicted octanol–water partition coefficient (Wildman–Crippen LogP) is 6.28. The first-order chi connectivity index (χ1) is 19.4. The standard InChI is InChI=1S/C30H22Cl2N4O4/c1-39-26-16-22(32)15-20(28(26)40-18-27(37)34-23-13-11-21(31)12-14-23)17-33-36-29(19-7-3-2-4-8-19)35-25-10-6-5-9-24(25)30(36)38/h2-17H,18H2,1H3,(H,34,37). The topological polar surface area (TPSA) is 94.8 Å². The highest BCUT2D eigenvalue weighted by atomic mass is 35.5. The van der Waals surface area contributed by atoms with Gasteiger partial charge in [0.2, 0.25) is 0 Å². The summed E-state index contributed by atoms with van der Waals surface area (Å²) in [5, 5.41) is 8.55. The highest BCUT2D eigenvalue weighted by Gasteiger charge is 2.16. The van der Waals surface area contributed by atoms with E-state index in [2.05, 4.69) is 10.4 Å². The molecule has 4 aromatic carbocycles. The quantitative estimate of drug-likeness (QED) is 0.221. The van der Waals surface area contributed by atoms with E-state index < -0.39 is 5.91 Å². The van der Waals surface area contributed by atoms with Crippen LogP contribution in [0.15, 0.2) is 101 Å². The zero-order chi connectivity index (χ0) is 28.1. The van der Waals surface area contributed by atoms with E-state index in [0.29, 0.717) is 49.3 Å². The molecule has 0 saturated heterocycles. The SMILES string of the molecule is COc1cc(Cl)cc(C=Nn2c(-c3ccccc3)nc3ccccc3c2=O)c1OCC(=O)Nc1ccc(Cl)cc1. The number of amides is 1. The number of carbonyl (C=O) groups excluding carboxylic acids is 1. The van der Waals surface area contributed by atoms with Crippen molar-refractivity contribution in [3.63, 3.8) is 0 Å². The molecule has 1 amide bonds. The Hall–Kier alpha value is -4.66. The number of carbonyl (C=O) groups is 1. The third-order valence-electron chi connectivity index (χ3n) is 5.84. The van der Waals surface area contributed by atoms with Crippen molar-refractivity contribution < 1.29 is 14.3 Å². The van der Waals surface area contributed by atoms with E-state index in [-0.39, 0.29) is 17.9 Å². The molecule has 0 radical (unpaired) electrons. The maximum absolute atomic E-state index is 13.5. The van der Waals surface area contributed by atoms with Crippen molar-refractivity contribution in [2.75, 3.05) is 19.0 Å². The molecule has 0 saturated carbocycles. The van der Waals surface area contributed by atoms with Gasteiger partial charge in [0, 0.05) is 32.9 Å². The first-order valence-corrected chi connectivity index (χ1v) is 12.9. The zero-order valence-corrected chi connectivity index (χ0v) is 22.7. The van der Waals surface area contributed by atoms with Crippen LogP contribution in [-0.2, 0) is 4.79 Å². The Morgan fingerprint density at radius 1 is 0.975 bits per heavy atom. The lowest BCUT2D eigenvalue weighted by atomic mass is 10.2. The van der Waals surface area contributed by atoms with Gasteiger partial charge in [0.25, 0.3) is 11.5 Å². The van der Waals surface area contributed by atoms with Crippen molar-refractivity contribution in [1.82, 2.24) is 9.66 Å². The van der Waals surface area contributed by atoms with Gasteiger partial charge in [-0.15, -0.1) is 0 Å². The van der Waals surface area contributed by atoms with E-state index in [1.807, 2.05) is 36.4 Å². The minimum absolute atomic E-state index is 0.227. The van der Waals surface area contributed by atoms with E-state index in [1.54, 1.807) is 54.6 Å². The van der Waals surface area contributed by atoms with Gasteiger partial charge in [-0.2, -0.15) is 9.78 Å². The first kappa shape index (κ1) is 26.9. The molecule has 8 nitrogen and oxygen atoms in total. The molecule has 0 bridgehead atoms. The number of nitrogens with one attached hydrogen (secondary N) is 1. The van der Waals surface area contributed by atoms with Gasteiger partial charge in [-0.1, -0.05) is 65.7 Å². The Kier molecular flexibility index (Phi) is 8.10. The van der Waals surface area contributed by atoms with Crippen molar-refractivity contribution in [3.8, 4) is 22.9 Å². The summed E-state index contributed by atoms with van der Waals surface area (Å²) >= 11 is 12.2. The molecule has 1 N–H and O–H groups in total. The van der Waals surface area contributed by atoms with Gasteiger partial charge in [-0.25, -0.2) is 4.98 Å². The Morgan fingerprint density at radius 3 is 2.45 bits per heavy atom. The van der Waals surface area contributed by atoms with Crippen molar-refractivity contribution in [2.45, 2.75) is 0 Å². The normalized spacial score (nSPS) is 11.1. The van der Waals surface area contributed by atoms with Gasteiger partial charge in [0.05, 0.1) is 24.2 Å². The Balaban J connectivity index is 1.51. The second kappa shape index (κ2) is 12.0. The molecule has 0 unspecified atom stereocenters. The minimum atomic E-state index is -0.400. The predicted molar refractivity (Wildman–Crippen MR) is 158 cm³/mol. The van der Waals surface area contributed by atoms with Crippen LogP contribution in [0.2, 0.25) is 10.0 Å². The summed E-state index contributed by atoms with van der Waals surface area (Å²) < 4.78 is 12.5. The third-order valence-corrected chi connectivity index (χ3v) is 6.31. The number of rotatable bonds is 8. The molecule has 1 heterocycles. The molecule has 5 aromatic rings. The summed E-state index contributed by atoms with van der Waals surface area (Å²) in [6.45, 7) is -0.325. The van der Waals surface area contributed by atoms with Crippen molar-refractivity contribution >= 4 is 51.9 Å². The molecule has 5 rings (SSSR count). The van der Waals surface area contributed by atoms with E-state index in [9.17, 15) is 9.59 Å². The number of hydrogen-bond acceptors (Lipinski definition) is 6. The van der Waals surface area contributed by atoms with Crippen LogP contribution in [0.5, 0.6) is 11.5 Å². The number of para-hydroxylation sites is 1. The lowest BCUT2D eigenvalue weighted by Gasteiger charge is -2.14. The number of anilines is 1. The van der Waals surface area contributed by atoms with Gasteiger partial charge in [0.15, 0.2) is 23.9 Å². The van der Waals surface area contributed by atoms with Crippen LogP contribution in [0.4, 0.5) is 5.69 Å². The summed E-state index contributed by atoms with van der Waals surface area (Å²) in [6.07, 6.45) is 1.42. The largest absolute Gasteiger partial charge is 0.493 e. The molecule has 10 heteroatoms. The smallest absolute Gasteiger partial charge is 0.282 e. The van der Waals surface area contributed by atoms with Crippen molar-refractivity contribution in [3.05, 3.63) is 117 Å².